The summed E-state index contributed by atoms with van der Waals surface area (Å²) >= 11 is 0. The van der Waals surface area contributed by atoms with Crippen LogP contribution in [0.25, 0.3) is 0 Å². The number of hydrogen-bond donors (Lipinski definition) is 0. The largest absolute Gasteiger partial charge is 0.348 e. The molecule has 1 unspecified atom stereocenters. The van der Waals surface area contributed by atoms with Crippen molar-refractivity contribution < 1.29 is 34.7 Å². The van der Waals surface area contributed by atoms with Gasteiger partial charge in [-0.15, -0.1) is 0 Å². The molecule has 2 rings (SSSR count). The van der Waals surface area contributed by atoms with Crippen LogP contribution in [0.2, 0.25) is 0 Å². The molecule has 0 N–H and O–H groups in total. The van der Waals surface area contributed by atoms with Crippen LogP contribution in [0, 0.1) is 13.8 Å². The molecule has 0 amide bonds. The van der Waals surface area contributed by atoms with Crippen molar-refractivity contribution in [1.82, 2.24) is 0 Å². The average Bonchev–Trinajstić information content (AvgIpc) is 2.69. The minimum Gasteiger partial charge on any atom is -0.348 e. The first kappa shape index (κ1) is 25.4. The summed E-state index contributed by atoms with van der Waals surface area (Å²) in [4.78, 5) is 0.0644. The predicted molar refractivity (Wildman–Crippen MR) is 115 cm³/mol. The van der Waals surface area contributed by atoms with Gasteiger partial charge in [0.15, 0.2) is 6.29 Å². The van der Waals surface area contributed by atoms with Crippen LogP contribution in [0.3, 0.4) is 0 Å². The lowest BCUT2D eigenvalue weighted by molar-refractivity contribution is -0.178. The molecule has 31 heavy (non-hydrogen) atoms. The van der Waals surface area contributed by atoms with E-state index in [2.05, 4.69) is 0 Å². The number of hydrogen-bond acceptors (Lipinski definition) is 8. The third kappa shape index (κ3) is 8.32. The molecule has 0 heterocycles. The van der Waals surface area contributed by atoms with E-state index in [4.69, 9.17) is 17.8 Å². The third-order valence-electron chi connectivity index (χ3n) is 4.03. The van der Waals surface area contributed by atoms with Crippen molar-refractivity contribution >= 4 is 20.2 Å². The van der Waals surface area contributed by atoms with E-state index in [-0.39, 0.29) is 35.7 Å². The van der Waals surface area contributed by atoms with Crippen LogP contribution in [0.4, 0.5) is 0 Å². The highest BCUT2D eigenvalue weighted by Gasteiger charge is 2.21. The van der Waals surface area contributed by atoms with Gasteiger partial charge < -0.3 is 9.47 Å². The Balaban J connectivity index is 1.89. The number of ether oxygens (including phenoxy) is 2. The van der Waals surface area contributed by atoms with Gasteiger partial charge in [-0.3, -0.25) is 8.37 Å². The van der Waals surface area contributed by atoms with E-state index >= 15 is 0 Å². The second kappa shape index (κ2) is 11.2. The van der Waals surface area contributed by atoms with Crippen molar-refractivity contribution in [3.05, 3.63) is 59.7 Å². The Bertz CT molecular complexity index is 1030. The fraction of sp³-hybridized carbons (Fsp3) is 0.429. The Morgan fingerprint density at radius 3 is 1.61 bits per heavy atom. The molecular weight excluding hydrogens is 444 g/mol. The lowest BCUT2D eigenvalue weighted by Gasteiger charge is -2.20. The first-order chi connectivity index (χ1) is 14.5. The molecule has 0 aliphatic heterocycles. The molecule has 2 aromatic rings. The summed E-state index contributed by atoms with van der Waals surface area (Å²) in [6, 6.07) is 12.5. The van der Waals surface area contributed by atoms with E-state index in [0.29, 0.717) is 0 Å². The summed E-state index contributed by atoms with van der Waals surface area (Å²) in [7, 11) is -7.91. The standard InChI is InChI=1S/C21H28O8S2/c1-16(2)29-21(15-28-31(24,25)20-11-7-18(4)8-12-20)26-13-14-27-30(22,23)19-9-5-17(3)6-10-19/h5-12,16,21H,13-15H2,1-4H3. The number of rotatable bonds is 12. The highest BCUT2D eigenvalue weighted by Crippen LogP contribution is 2.15. The topological polar surface area (TPSA) is 105 Å². The van der Waals surface area contributed by atoms with Gasteiger partial charge in [0.2, 0.25) is 0 Å². The molecule has 0 fully saturated rings. The van der Waals surface area contributed by atoms with Gasteiger partial charge in [-0.25, -0.2) is 0 Å². The van der Waals surface area contributed by atoms with Crippen molar-refractivity contribution in [2.24, 2.45) is 0 Å². The molecule has 0 aliphatic carbocycles. The smallest absolute Gasteiger partial charge is 0.297 e. The molecule has 2 aromatic carbocycles. The maximum absolute atomic E-state index is 12.3. The average molecular weight is 473 g/mol. The van der Waals surface area contributed by atoms with Gasteiger partial charge >= 0.3 is 0 Å². The maximum atomic E-state index is 12.3. The lowest BCUT2D eigenvalue weighted by atomic mass is 10.2. The SMILES string of the molecule is Cc1ccc(S(=O)(=O)OCCOC(COS(=O)(=O)c2ccc(C)cc2)OC(C)C)cc1. The predicted octanol–water partition coefficient (Wildman–Crippen LogP) is 3.18. The molecule has 0 aromatic heterocycles. The highest BCUT2D eigenvalue weighted by atomic mass is 32.2. The second-order valence-corrected chi connectivity index (χ2v) is 10.4. The van der Waals surface area contributed by atoms with E-state index in [0.717, 1.165) is 11.1 Å². The van der Waals surface area contributed by atoms with Crippen molar-refractivity contribution in [1.29, 1.82) is 0 Å². The fourth-order valence-electron chi connectivity index (χ4n) is 2.44. The van der Waals surface area contributed by atoms with Gasteiger partial charge in [-0.1, -0.05) is 35.4 Å². The number of aryl methyl sites for hydroxylation is 2. The Hall–Kier alpha value is -1.82. The Labute approximate surface area is 184 Å². The molecule has 0 bridgehead atoms. The van der Waals surface area contributed by atoms with Crippen LogP contribution in [-0.4, -0.2) is 49.1 Å². The maximum Gasteiger partial charge on any atom is 0.297 e. The van der Waals surface area contributed by atoms with Crippen LogP contribution >= 0.6 is 0 Å². The Morgan fingerprint density at radius 1 is 0.710 bits per heavy atom. The first-order valence-electron chi connectivity index (χ1n) is 9.69. The summed E-state index contributed by atoms with van der Waals surface area (Å²) in [5.41, 5.74) is 1.85. The van der Waals surface area contributed by atoms with Gasteiger partial charge in [0.05, 0.1) is 29.1 Å². The van der Waals surface area contributed by atoms with Gasteiger partial charge in [-0.2, -0.15) is 16.8 Å². The molecule has 0 spiro atoms. The summed E-state index contributed by atoms with van der Waals surface area (Å²) in [5.74, 6) is 0. The van der Waals surface area contributed by atoms with Crippen LogP contribution < -0.4 is 0 Å². The lowest BCUT2D eigenvalue weighted by Crippen LogP contribution is -2.29. The van der Waals surface area contributed by atoms with E-state index in [1.54, 1.807) is 38.1 Å². The van der Waals surface area contributed by atoms with Crippen molar-refractivity contribution in [3.63, 3.8) is 0 Å². The third-order valence-corrected chi connectivity index (χ3v) is 6.65. The number of benzene rings is 2. The van der Waals surface area contributed by atoms with Crippen LogP contribution in [0.1, 0.15) is 25.0 Å². The van der Waals surface area contributed by atoms with Crippen LogP contribution in [-0.2, 0) is 38.1 Å². The van der Waals surface area contributed by atoms with Gasteiger partial charge in [0.25, 0.3) is 20.2 Å². The minimum absolute atomic E-state index is 0.0221. The second-order valence-electron chi connectivity index (χ2n) is 7.13. The summed E-state index contributed by atoms with van der Waals surface area (Å²) in [5, 5.41) is 0. The zero-order valence-electron chi connectivity index (χ0n) is 18.0. The molecule has 10 heteroatoms. The fourth-order valence-corrected chi connectivity index (χ4v) is 4.23. The summed E-state index contributed by atoms with van der Waals surface area (Å²) in [6.45, 7) is 6.40. The molecule has 0 aliphatic rings. The normalized spacial score (nSPS) is 13.5. The highest BCUT2D eigenvalue weighted by molar-refractivity contribution is 7.87. The summed E-state index contributed by atoms with van der Waals surface area (Å²) in [6.07, 6.45) is -1.29. The molecule has 1 atom stereocenters. The van der Waals surface area contributed by atoms with E-state index in [9.17, 15) is 16.8 Å². The minimum atomic E-state index is -3.99. The zero-order chi connectivity index (χ0) is 23.1. The zero-order valence-corrected chi connectivity index (χ0v) is 19.6. The van der Waals surface area contributed by atoms with Crippen LogP contribution in [0.5, 0.6) is 0 Å². The van der Waals surface area contributed by atoms with Crippen molar-refractivity contribution in [2.45, 2.75) is 49.9 Å². The molecule has 8 nitrogen and oxygen atoms in total. The molecular formula is C21H28O8S2. The summed E-state index contributed by atoms with van der Waals surface area (Å²) < 4.78 is 70.1. The van der Waals surface area contributed by atoms with Gasteiger partial charge in [0.1, 0.15) is 6.61 Å². The molecule has 0 saturated carbocycles. The van der Waals surface area contributed by atoms with Gasteiger partial charge in [0, 0.05) is 0 Å². The quantitative estimate of drug-likeness (QED) is 0.263. The van der Waals surface area contributed by atoms with Crippen molar-refractivity contribution in [3.8, 4) is 0 Å². The van der Waals surface area contributed by atoms with Crippen LogP contribution in [0.15, 0.2) is 58.3 Å². The first-order valence-corrected chi connectivity index (χ1v) is 12.5. The van der Waals surface area contributed by atoms with E-state index in [1.165, 1.54) is 24.3 Å². The molecule has 172 valence electrons. The van der Waals surface area contributed by atoms with E-state index in [1.807, 2.05) is 13.8 Å². The molecule has 0 saturated heterocycles. The van der Waals surface area contributed by atoms with E-state index < -0.39 is 26.5 Å². The monoisotopic (exact) mass is 472 g/mol. The van der Waals surface area contributed by atoms with Crippen molar-refractivity contribution in [2.75, 3.05) is 19.8 Å². The van der Waals surface area contributed by atoms with Gasteiger partial charge in [-0.05, 0) is 52.0 Å². The Kier molecular flexibility index (Phi) is 9.16. The Morgan fingerprint density at radius 2 is 1.16 bits per heavy atom. The molecule has 0 radical (unpaired) electrons.